The molecule has 3 heteroatoms. The average Bonchev–Trinajstić information content (AvgIpc) is 2.54. The Morgan fingerprint density at radius 3 is 2.92 bits per heavy atom. The zero-order valence-electron chi connectivity index (χ0n) is 7.91. The number of nitrogens with zero attached hydrogens (tertiary/aromatic N) is 3. The summed E-state index contributed by atoms with van der Waals surface area (Å²) in [7, 11) is 0. The number of aromatic nitrogens is 3. The van der Waals surface area contributed by atoms with E-state index < -0.39 is 0 Å². The molecule has 0 saturated carbocycles. The summed E-state index contributed by atoms with van der Waals surface area (Å²) in [5, 5.41) is 7.75. The van der Waals surface area contributed by atoms with Crippen molar-refractivity contribution in [1.82, 2.24) is 14.8 Å². The lowest BCUT2D eigenvalue weighted by atomic mass is 10.1. The molecule has 1 aliphatic rings. The molecule has 0 saturated heterocycles. The van der Waals surface area contributed by atoms with Crippen LogP contribution < -0.4 is 0 Å². The van der Waals surface area contributed by atoms with Crippen molar-refractivity contribution in [3.63, 3.8) is 0 Å². The van der Waals surface area contributed by atoms with Gasteiger partial charge in [-0.2, -0.15) is 0 Å². The number of allylic oxidation sites excluding steroid dienone is 1. The van der Waals surface area contributed by atoms with Crippen LogP contribution in [-0.4, -0.2) is 14.8 Å². The van der Waals surface area contributed by atoms with E-state index in [1.165, 1.54) is 5.57 Å². The van der Waals surface area contributed by atoms with Crippen LogP contribution in [0.1, 0.15) is 33.0 Å². The standard InChI is InChI=1S/C7H9N3.C2H6/c1-6-2-3-10-5-8-9-7(10)4-6;1-2/h4-5H,2-3H2,1H3;1-2H3. The van der Waals surface area contributed by atoms with E-state index in [9.17, 15) is 0 Å². The Bertz CT molecular complexity index is 273. The fraction of sp³-hybridized carbons (Fsp3) is 0.556. The smallest absolute Gasteiger partial charge is 0.156 e. The van der Waals surface area contributed by atoms with Crippen LogP contribution in [-0.2, 0) is 6.54 Å². The van der Waals surface area contributed by atoms with Crippen LogP contribution in [0.2, 0.25) is 0 Å². The van der Waals surface area contributed by atoms with E-state index in [0.717, 1.165) is 18.8 Å². The number of rotatable bonds is 0. The molecule has 0 atom stereocenters. The molecule has 0 fully saturated rings. The maximum atomic E-state index is 3.94. The molecule has 0 spiro atoms. The first kappa shape index (κ1) is 8.97. The summed E-state index contributed by atoms with van der Waals surface area (Å²) in [6.07, 6.45) is 4.99. The monoisotopic (exact) mass is 165 g/mol. The predicted molar refractivity (Wildman–Crippen MR) is 49.6 cm³/mol. The third-order valence-electron chi connectivity index (χ3n) is 1.77. The highest BCUT2D eigenvalue weighted by Gasteiger charge is 2.06. The number of fused-ring (bicyclic) bond motifs is 1. The fourth-order valence-corrected chi connectivity index (χ4v) is 1.14. The first-order chi connectivity index (χ1) is 5.86. The van der Waals surface area contributed by atoms with Gasteiger partial charge in [-0.25, -0.2) is 0 Å². The minimum absolute atomic E-state index is 0.990. The molecule has 0 radical (unpaired) electrons. The summed E-state index contributed by atoms with van der Waals surface area (Å²) in [4.78, 5) is 0. The van der Waals surface area contributed by atoms with Gasteiger partial charge in [-0.05, 0) is 19.4 Å². The molecule has 0 N–H and O–H groups in total. The van der Waals surface area contributed by atoms with Gasteiger partial charge in [-0.1, -0.05) is 19.4 Å². The Balaban J connectivity index is 0.000000336. The molecule has 0 amide bonds. The van der Waals surface area contributed by atoms with Gasteiger partial charge in [0, 0.05) is 6.54 Å². The van der Waals surface area contributed by atoms with Gasteiger partial charge in [0.1, 0.15) is 6.33 Å². The summed E-state index contributed by atoms with van der Waals surface area (Å²) in [5.41, 5.74) is 1.39. The van der Waals surface area contributed by atoms with Crippen molar-refractivity contribution in [2.45, 2.75) is 33.7 Å². The summed E-state index contributed by atoms with van der Waals surface area (Å²) < 4.78 is 2.06. The maximum absolute atomic E-state index is 3.94. The molecule has 0 aromatic carbocycles. The number of aryl methyl sites for hydroxylation is 1. The first-order valence-electron chi connectivity index (χ1n) is 4.41. The molecule has 1 aromatic rings. The van der Waals surface area contributed by atoms with Crippen molar-refractivity contribution < 1.29 is 0 Å². The average molecular weight is 165 g/mol. The van der Waals surface area contributed by atoms with Crippen LogP contribution in [0.4, 0.5) is 0 Å². The molecule has 0 unspecified atom stereocenters. The summed E-state index contributed by atoms with van der Waals surface area (Å²) in [5.74, 6) is 0.990. The largest absolute Gasteiger partial charge is 0.314 e. The zero-order chi connectivity index (χ0) is 8.97. The van der Waals surface area contributed by atoms with Crippen LogP contribution in [0.3, 0.4) is 0 Å². The van der Waals surface area contributed by atoms with Crippen LogP contribution in [0, 0.1) is 0 Å². The molecule has 66 valence electrons. The fourth-order valence-electron chi connectivity index (χ4n) is 1.14. The van der Waals surface area contributed by atoms with Crippen LogP contribution in [0.25, 0.3) is 6.08 Å². The van der Waals surface area contributed by atoms with Crippen molar-refractivity contribution in [2.75, 3.05) is 0 Å². The highest BCUT2D eigenvalue weighted by Crippen LogP contribution is 2.14. The van der Waals surface area contributed by atoms with Crippen LogP contribution in [0.5, 0.6) is 0 Å². The van der Waals surface area contributed by atoms with E-state index in [-0.39, 0.29) is 0 Å². The molecular weight excluding hydrogens is 150 g/mol. The Morgan fingerprint density at radius 2 is 2.17 bits per heavy atom. The summed E-state index contributed by atoms with van der Waals surface area (Å²) >= 11 is 0. The molecule has 2 heterocycles. The lowest BCUT2D eigenvalue weighted by Gasteiger charge is -2.09. The van der Waals surface area contributed by atoms with Gasteiger partial charge in [0.2, 0.25) is 0 Å². The van der Waals surface area contributed by atoms with Crippen LogP contribution in [0.15, 0.2) is 11.9 Å². The van der Waals surface area contributed by atoms with Gasteiger partial charge in [0.15, 0.2) is 5.82 Å². The summed E-state index contributed by atoms with van der Waals surface area (Å²) in [6.45, 7) is 7.16. The third-order valence-corrected chi connectivity index (χ3v) is 1.77. The van der Waals surface area contributed by atoms with Gasteiger partial charge in [-0.15, -0.1) is 10.2 Å². The van der Waals surface area contributed by atoms with Gasteiger partial charge in [0.05, 0.1) is 0 Å². The van der Waals surface area contributed by atoms with Gasteiger partial charge >= 0.3 is 0 Å². The molecule has 1 aromatic heterocycles. The molecular formula is C9H15N3. The second-order valence-corrected chi connectivity index (χ2v) is 2.62. The Kier molecular flexibility index (Phi) is 3.02. The minimum Gasteiger partial charge on any atom is -0.314 e. The summed E-state index contributed by atoms with van der Waals surface area (Å²) in [6, 6.07) is 0. The quantitative estimate of drug-likeness (QED) is 0.589. The Labute approximate surface area is 73.1 Å². The van der Waals surface area contributed by atoms with Crippen molar-refractivity contribution in [2.24, 2.45) is 0 Å². The Hall–Kier alpha value is -1.12. The van der Waals surface area contributed by atoms with E-state index in [4.69, 9.17) is 0 Å². The zero-order valence-corrected chi connectivity index (χ0v) is 7.91. The molecule has 1 aliphatic heterocycles. The SMILES string of the molecule is CC.CC1=Cc2nncn2CC1. The van der Waals surface area contributed by atoms with Gasteiger partial charge in [-0.3, -0.25) is 0 Å². The maximum Gasteiger partial charge on any atom is 0.156 e. The lowest BCUT2D eigenvalue weighted by Crippen LogP contribution is -2.04. The molecule has 12 heavy (non-hydrogen) atoms. The predicted octanol–water partition coefficient (Wildman–Crippen LogP) is 2.11. The number of hydrogen-bond acceptors (Lipinski definition) is 2. The molecule has 3 nitrogen and oxygen atoms in total. The van der Waals surface area contributed by atoms with Crippen molar-refractivity contribution in [3.05, 3.63) is 17.7 Å². The number of hydrogen-bond donors (Lipinski definition) is 0. The van der Waals surface area contributed by atoms with Gasteiger partial charge in [0.25, 0.3) is 0 Å². The lowest BCUT2D eigenvalue weighted by molar-refractivity contribution is 0.668. The van der Waals surface area contributed by atoms with E-state index >= 15 is 0 Å². The van der Waals surface area contributed by atoms with Crippen molar-refractivity contribution in [3.8, 4) is 0 Å². The highest BCUT2D eigenvalue weighted by atomic mass is 15.3. The van der Waals surface area contributed by atoms with E-state index in [0.29, 0.717) is 0 Å². The van der Waals surface area contributed by atoms with E-state index in [2.05, 4.69) is 27.8 Å². The van der Waals surface area contributed by atoms with E-state index in [1.54, 1.807) is 6.33 Å². The van der Waals surface area contributed by atoms with Gasteiger partial charge < -0.3 is 4.57 Å². The normalized spacial score (nSPS) is 14.1. The van der Waals surface area contributed by atoms with Crippen molar-refractivity contribution in [1.29, 1.82) is 0 Å². The Morgan fingerprint density at radius 1 is 1.42 bits per heavy atom. The van der Waals surface area contributed by atoms with E-state index in [1.807, 2.05) is 13.8 Å². The third kappa shape index (κ3) is 1.72. The molecule has 2 rings (SSSR count). The van der Waals surface area contributed by atoms with Crippen LogP contribution >= 0.6 is 0 Å². The molecule has 0 bridgehead atoms. The second kappa shape index (κ2) is 4.04. The molecule has 0 aliphatic carbocycles. The van der Waals surface area contributed by atoms with Crippen molar-refractivity contribution >= 4 is 6.08 Å². The topological polar surface area (TPSA) is 30.7 Å². The highest BCUT2D eigenvalue weighted by molar-refractivity contribution is 5.45. The second-order valence-electron chi connectivity index (χ2n) is 2.62. The minimum atomic E-state index is 0.990. The first-order valence-corrected chi connectivity index (χ1v) is 4.41.